The molecule has 1 unspecified atom stereocenters. The second-order valence-electron chi connectivity index (χ2n) is 4.92. The van der Waals surface area contributed by atoms with Crippen LogP contribution in [0.3, 0.4) is 0 Å². The fourth-order valence-electron chi connectivity index (χ4n) is 2.10. The van der Waals surface area contributed by atoms with Gasteiger partial charge in [-0.05, 0) is 65.2 Å². The van der Waals surface area contributed by atoms with Crippen molar-refractivity contribution in [3.8, 4) is 0 Å². The van der Waals surface area contributed by atoms with Gasteiger partial charge < -0.3 is 10.2 Å². The van der Waals surface area contributed by atoms with E-state index in [2.05, 4.69) is 30.8 Å². The number of piperidine rings is 1. The molecular weight excluding hydrogens is 184 g/mol. The van der Waals surface area contributed by atoms with Crippen LogP contribution >= 0.6 is 0 Å². The van der Waals surface area contributed by atoms with Crippen LogP contribution in [0.1, 0.15) is 32.6 Å². The predicted molar refractivity (Wildman–Crippen MR) is 67.1 cm³/mol. The van der Waals surface area contributed by atoms with Gasteiger partial charge in [-0.2, -0.15) is 0 Å². The molecule has 15 heavy (non-hydrogen) atoms. The standard InChI is InChI=1S/C13H26N2/c1-4-5-6-12(2)14-11-13-7-9-15(3)10-8-13/h4,12-14H,1,5-11H2,2-3H3. The minimum absolute atomic E-state index is 0.641. The van der Waals surface area contributed by atoms with Gasteiger partial charge in [-0.15, -0.1) is 6.58 Å². The summed E-state index contributed by atoms with van der Waals surface area (Å²) in [6.07, 6.45) is 7.07. The van der Waals surface area contributed by atoms with E-state index in [1.54, 1.807) is 0 Å². The van der Waals surface area contributed by atoms with Gasteiger partial charge >= 0.3 is 0 Å². The van der Waals surface area contributed by atoms with E-state index in [1.807, 2.05) is 6.08 Å². The zero-order valence-corrected chi connectivity index (χ0v) is 10.3. The van der Waals surface area contributed by atoms with Gasteiger partial charge in [0.2, 0.25) is 0 Å². The van der Waals surface area contributed by atoms with Crippen LogP contribution in [-0.2, 0) is 0 Å². The molecule has 0 bridgehead atoms. The molecule has 1 aliphatic heterocycles. The number of likely N-dealkylation sites (tertiary alicyclic amines) is 1. The molecular formula is C13H26N2. The minimum Gasteiger partial charge on any atom is -0.314 e. The number of hydrogen-bond acceptors (Lipinski definition) is 2. The maximum atomic E-state index is 3.76. The van der Waals surface area contributed by atoms with Crippen molar-refractivity contribution in [1.82, 2.24) is 10.2 Å². The Labute approximate surface area is 94.7 Å². The molecule has 1 rings (SSSR count). The van der Waals surface area contributed by atoms with Crippen molar-refractivity contribution in [1.29, 1.82) is 0 Å². The Bertz CT molecular complexity index is 171. The van der Waals surface area contributed by atoms with E-state index < -0.39 is 0 Å². The summed E-state index contributed by atoms with van der Waals surface area (Å²) in [5.41, 5.74) is 0. The Morgan fingerprint density at radius 3 is 2.73 bits per heavy atom. The smallest absolute Gasteiger partial charge is 0.00417 e. The molecule has 0 saturated carbocycles. The molecule has 88 valence electrons. The summed E-state index contributed by atoms with van der Waals surface area (Å²) in [6, 6.07) is 0.641. The Kier molecular flexibility index (Phi) is 5.96. The topological polar surface area (TPSA) is 15.3 Å². The molecule has 0 aromatic carbocycles. The van der Waals surface area contributed by atoms with E-state index in [0.29, 0.717) is 6.04 Å². The zero-order valence-electron chi connectivity index (χ0n) is 10.3. The number of rotatable bonds is 6. The molecule has 1 N–H and O–H groups in total. The summed E-state index contributed by atoms with van der Waals surface area (Å²) in [7, 11) is 2.22. The van der Waals surface area contributed by atoms with E-state index in [-0.39, 0.29) is 0 Å². The van der Waals surface area contributed by atoms with Crippen molar-refractivity contribution in [3.63, 3.8) is 0 Å². The van der Waals surface area contributed by atoms with Crippen LogP contribution in [0.25, 0.3) is 0 Å². The van der Waals surface area contributed by atoms with Crippen LogP contribution in [0, 0.1) is 5.92 Å². The fraction of sp³-hybridized carbons (Fsp3) is 0.846. The normalized spacial score (nSPS) is 21.5. The van der Waals surface area contributed by atoms with E-state index in [0.717, 1.165) is 12.3 Å². The largest absolute Gasteiger partial charge is 0.314 e. The Balaban J connectivity index is 2.06. The molecule has 1 fully saturated rings. The number of hydrogen-bond donors (Lipinski definition) is 1. The van der Waals surface area contributed by atoms with Gasteiger partial charge in [-0.1, -0.05) is 6.08 Å². The molecule has 1 atom stereocenters. The first-order valence-electron chi connectivity index (χ1n) is 6.25. The van der Waals surface area contributed by atoms with Crippen LogP contribution in [-0.4, -0.2) is 37.6 Å². The Hall–Kier alpha value is -0.340. The lowest BCUT2D eigenvalue weighted by Crippen LogP contribution is -2.37. The van der Waals surface area contributed by atoms with Crippen molar-refractivity contribution in [3.05, 3.63) is 12.7 Å². The highest BCUT2D eigenvalue weighted by molar-refractivity contribution is 4.75. The van der Waals surface area contributed by atoms with Crippen LogP contribution in [0.15, 0.2) is 12.7 Å². The zero-order chi connectivity index (χ0) is 11.1. The summed E-state index contributed by atoms with van der Waals surface area (Å²) in [4.78, 5) is 2.43. The highest BCUT2D eigenvalue weighted by Crippen LogP contribution is 2.15. The Morgan fingerprint density at radius 1 is 1.47 bits per heavy atom. The number of nitrogens with zero attached hydrogens (tertiary/aromatic N) is 1. The lowest BCUT2D eigenvalue weighted by molar-refractivity contribution is 0.213. The van der Waals surface area contributed by atoms with Crippen molar-refractivity contribution >= 4 is 0 Å². The molecule has 0 spiro atoms. The maximum absolute atomic E-state index is 3.76. The quantitative estimate of drug-likeness (QED) is 0.677. The second kappa shape index (κ2) is 7.02. The molecule has 1 saturated heterocycles. The fourth-order valence-corrected chi connectivity index (χ4v) is 2.10. The molecule has 0 aromatic rings. The number of allylic oxidation sites excluding steroid dienone is 1. The van der Waals surface area contributed by atoms with Gasteiger partial charge in [-0.25, -0.2) is 0 Å². The molecule has 1 aliphatic rings. The predicted octanol–water partition coefficient (Wildman–Crippen LogP) is 2.27. The lowest BCUT2D eigenvalue weighted by atomic mass is 9.97. The third-order valence-electron chi connectivity index (χ3n) is 3.40. The van der Waals surface area contributed by atoms with E-state index in [1.165, 1.54) is 38.9 Å². The monoisotopic (exact) mass is 210 g/mol. The second-order valence-corrected chi connectivity index (χ2v) is 4.92. The van der Waals surface area contributed by atoms with Gasteiger partial charge in [0.1, 0.15) is 0 Å². The summed E-state index contributed by atoms with van der Waals surface area (Å²) in [5.74, 6) is 0.896. The molecule has 1 heterocycles. The Morgan fingerprint density at radius 2 is 2.13 bits per heavy atom. The molecule has 0 amide bonds. The van der Waals surface area contributed by atoms with Crippen LogP contribution in [0.5, 0.6) is 0 Å². The highest BCUT2D eigenvalue weighted by Gasteiger charge is 2.16. The van der Waals surface area contributed by atoms with Gasteiger partial charge in [0.05, 0.1) is 0 Å². The van der Waals surface area contributed by atoms with Gasteiger partial charge in [0.15, 0.2) is 0 Å². The van der Waals surface area contributed by atoms with Crippen LogP contribution in [0.4, 0.5) is 0 Å². The van der Waals surface area contributed by atoms with Gasteiger partial charge in [0, 0.05) is 6.04 Å². The molecule has 2 nitrogen and oxygen atoms in total. The average molecular weight is 210 g/mol. The summed E-state index contributed by atoms with van der Waals surface area (Å²) >= 11 is 0. The molecule has 2 heteroatoms. The molecule has 0 aromatic heterocycles. The third kappa shape index (κ3) is 5.33. The van der Waals surface area contributed by atoms with E-state index in [9.17, 15) is 0 Å². The maximum Gasteiger partial charge on any atom is 0.00417 e. The summed E-state index contributed by atoms with van der Waals surface area (Å²) in [5, 5.41) is 3.64. The SMILES string of the molecule is C=CCCC(C)NCC1CCN(C)CC1. The first-order chi connectivity index (χ1) is 7.22. The minimum atomic E-state index is 0.641. The lowest BCUT2D eigenvalue weighted by Gasteiger charge is -2.29. The molecule has 0 aliphatic carbocycles. The first-order valence-corrected chi connectivity index (χ1v) is 6.25. The summed E-state index contributed by atoms with van der Waals surface area (Å²) < 4.78 is 0. The average Bonchev–Trinajstić information content (AvgIpc) is 2.25. The van der Waals surface area contributed by atoms with Crippen molar-refractivity contribution in [2.75, 3.05) is 26.7 Å². The third-order valence-corrected chi connectivity index (χ3v) is 3.40. The first kappa shape index (κ1) is 12.7. The molecule has 0 radical (unpaired) electrons. The van der Waals surface area contributed by atoms with Crippen molar-refractivity contribution < 1.29 is 0 Å². The van der Waals surface area contributed by atoms with E-state index in [4.69, 9.17) is 0 Å². The highest BCUT2D eigenvalue weighted by atomic mass is 15.1. The van der Waals surface area contributed by atoms with Crippen molar-refractivity contribution in [2.24, 2.45) is 5.92 Å². The van der Waals surface area contributed by atoms with Crippen molar-refractivity contribution in [2.45, 2.75) is 38.6 Å². The van der Waals surface area contributed by atoms with Gasteiger partial charge in [-0.3, -0.25) is 0 Å². The summed E-state index contributed by atoms with van der Waals surface area (Å²) in [6.45, 7) is 9.78. The number of nitrogens with one attached hydrogen (secondary N) is 1. The van der Waals surface area contributed by atoms with Gasteiger partial charge in [0.25, 0.3) is 0 Å². The van der Waals surface area contributed by atoms with Crippen LogP contribution < -0.4 is 5.32 Å². The van der Waals surface area contributed by atoms with E-state index >= 15 is 0 Å². The van der Waals surface area contributed by atoms with Crippen LogP contribution in [0.2, 0.25) is 0 Å².